The first-order valence-electron chi connectivity index (χ1n) is 4.55. The zero-order chi connectivity index (χ0) is 11.6. The highest BCUT2D eigenvalue weighted by Crippen LogP contribution is 2.21. The van der Waals surface area contributed by atoms with Gasteiger partial charge in [-0.1, -0.05) is 6.92 Å². The second kappa shape index (κ2) is 4.63. The standard InChI is InChI=1S/C10H12F3NO/c1-2-8(15)10(14)5-3-6(11)9(13)7(12)4-5/h3-4,8,10,15H,2,14H2,1H3/t8-,10+/m1/s1. The van der Waals surface area contributed by atoms with E-state index in [1.54, 1.807) is 6.92 Å². The molecule has 15 heavy (non-hydrogen) atoms. The number of rotatable bonds is 3. The van der Waals surface area contributed by atoms with Crippen LogP contribution in [-0.4, -0.2) is 11.2 Å². The maximum absolute atomic E-state index is 12.8. The third-order valence-corrected chi connectivity index (χ3v) is 2.22. The summed E-state index contributed by atoms with van der Waals surface area (Å²) in [6.45, 7) is 1.68. The van der Waals surface area contributed by atoms with Gasteiger partial charge in [-0.25, -0.2) is 13.2 Å². The molecule has 1 aromatic rings. The minimum absolute atomic E-state index is 0.0424. The first-order valence-corrected chi connectivity index (χ1v) is 4.55. The molecule has 0 amide bonds. The number of hydrogen-bond acceptors (Lipinski definition) is 2. The average Bonchev–Trinajstić information content (AvgIpc) is 2.23. The Hall–Kier alpha value is -1.07. The van der Waals surface area contributed by atoms with Gasteiger partial charge in [0.2, 0.25) is 0 Å². The molecule has 3 N–H and O–H groups in total. The molecule has 0 aliphatic heterocycles. The third kappa shape index (κ3) is 2.49. The summed E-state index contributed by atoms with van der Waals surface area (Å²) in [4.78, 5) is 0. The summed E-state index contributed by atoms with van der Waals surface area (Å²) in [5.41, 5.74) is 5.57. The smallest absolute Gasteiger partial charge is 0.194 e. The quantitative estimate of drug-likeness (QED) is 0.762. The molecule has 0 saturated heterocycles. The van der Waals surface area contributed by atoms with E-state index >= 15 is 0 Å². The molecule has 5 heteroatoms. The second-order valence-corrected chi connectivity index (χ2v) is 3.30. The lowest BCUT2D eigenvalue weighted by Crippen LogP contribution is -2.25. The van der Waals surface area contributed by atoms with Crippen LogP contribution in [0.3, 0.4) is 0 Å². The summed E-state index contributed by atoms with van der Waals surface area (Å²) in [5, 5.41) is 9.37. The molecule has 2 atom stereocenters. The lowest BCUT2D eigenvalue weighted by Gasteiger charge is -2.17. The summed E-state index contributed by atoms with van der Waals surface area (Å²) in [5.74, 6) is -4.13. The Labute approximate surface area is 85.5 Å². The van der Waals surface area contributed by atoms with Gasteiger partial charge in [0.25, 0.3) is 0 Å². The highest BCUT2D eigenvalue weighted by molar-refractivity contribution is 5.23. The largest absolute Gasteiger partial charge is 0.391 e. The number of halogens is 3. The van der Waals surface area contributed by atoms with Gasteiger partial charge in [-0.3, -0.25) is 0 Å². The zero-order valence-electron chi connectivity index (χ0n) is 8.17. The van der Waals surface area contributed by atoms with Gasteiger partial charge in [0, 0.05) is 0 Å². The van der Waals surface area contributed by atoms with Crippen LogP contribution in [0, 0.1) is 17.5 Å². The van der Waals surface area contributed by atoms with Crippen molar-refractivity contribution in [2.75, 3.05) is 0 Å². The highest BCUT2D eigenvalue weighted by atomic mass is 19.2. The monoisotopic (exact) mass is 219 g/mol. The zero-order valence-corrected chi connectivity index (χ0v) is 8.17. The lowest BCUT2D eigenvalue weighted by molar-refractivity contribution is 0.140. The summed E-state index contributed by atoms with van der Waals surface area (Å²) in [6.07, 6.45) is -0.559. The molecule has 0 heterocycles. The van der Waals surface area contributed by atoms with Crippen LogP contribution in [0.4, 0.5) is 13.2 Å². The van der Waals surface area contributed by atoms with Gasteiger partial charge in [-0.2, -0.15) is 0 Å². The Morgan fingerprint density at radius 3 is 2.13 bits per heavy atom. The van der Waals surface area contributed by atoms with Crippen molar-refractivity contribution in [3.8, 4) is 0 Å². The Kier molecular flexibility index (Phi) is 3.71. The molecule has 0 aliphatic rings. The van der Waals surface area contributed by atoms with E-state index in [9.17, 15) is 18.3 Å². The Morgan fingerprint density at radius 2 is 1.73 bits per heavy atom. The van der Waals surface area contributed by atoms with Crippen LogP contribution in [0.25, 0.3) is 0 Å². The van der Waals surface area contributed by atoms with E-state index in [4.69, 9.17) is 5.73 Å². The van der Waals surface area contributed by atoms with Crippen LogP contribution in [-0.2, 0) is 0 Å². The minimum Gasteiger partial charge on any atom is -0.391 e. The average molecular weight is 219 g/mol. The van der Waals surface area contributed by atoms with Crippen molar-refractivity contribution in [1.29, 1.82) is 0 Å². The normalized spacial score (nSPS) is 15.1. The number of nitrogens with two attached hydrogens (primary N) is 1. The van der Waals surface area contributed by atoms with Crippen molar-refractivity contribution in [3.63, 3.8) is 0 Å². The Balaban J connectivity index is 3.06. The molecule has 0 spiro atoms. The molecule has 2 nitrogen and oxygen atoms in total. The summed E-state index contributed by atoms with van der Waals surface area (Å²) in [6, 6.07) is 0.670. The summed E-state index contributed by atoms with van der Waals surface area (Å²) >= 11 is 0. The third-order valence-electron chi connectivity index (χ3n) is 2.22. The molecule has 1 rings (SSSR count). The van der Waals surface area contributed by atoms with Crippen LogP contribution in [0.1, 0.15) is 24.9 Å². The molecular weight excluding hydrogens is 207 g/mol. The molecule has 0 bridgehead atoms. The predicted octanol–water partition coefficient (Wildman–Crippen LogP) is 1.87. The highest BCUT2D eigenvalue weighted by Gasteiger charge is 2.19. The Morgan fingerprint density at radius 1 is 1.27 bits per heavy atom. The van der Waals surface area contributed by atoms with Gasteiger partial charge in [0.05, 0.1) is 12.1 Å². The van der Waals surface area contributed by atoms with E-state index in [0.717, 1.165) is 12.1 Å². The maximum atomic E-state index is 12.8. The molecule has 0 unspecified atom stereocenters. The molecule has 0 aliphatic carbocycles. The van der Waals surface area contributed by atoms with E-state index in [2.05, 4.69) is 0 Å². The first-order chi connectivity index (χ1) is 6.97. The molecule has 0 fully saturated rings. The van der Waals surface area contributed by atoms with Crippen molar-refractivity contribution < 1.29 is 18.3 Å². The van der Waals surface area contributed by atoms with Crippen LogP contribution >= 0.6 is 0 Å². The van der Waals surface area contributed by atoms with Crippen molar-refractivity contribution in [1.82, 2.24) is 0 Å². The van der Waals surface area contributed by atoms with Crippen molar-refractivity contribution >= 4 is 0 Å². The number of aliphatic hydroxyl groups excluding tert-OH is 1. The predicted molar refractivity (Wildman–Crippen MR) is 49.5 cm³/mol. The van der Waals surface area contributed by atoms with Gasteiger partial charge in [-0.15, -0.1) is 0 Å². The molecule has 1 aromatic carbocycles. The summed E-state index contributed by atoms with van der Waals surface area (Å²) in [7, 11) is 0. The van der Waals surface area contributed by atoms with Gasteiger partial charge in [0.1, 0.15) is 0 Å². The van der Waals surface area contributed by atoms with E-state index in [-0.39, 0.29) is 5.56 Å². The van der Waals surface area contributed by atoms with Gasteiger partial charge >= 0.3 is 0 Å². The van der Waals surface area contributed by atoms with E-state index < -0.39 is 29.6 Å². The van der Waals surface area contributed by atoms with Gasteiger partial charge in [-0.05, 0) is 24.1 Å². The fraction of sp³-hybridized carbons (Fsp3) is 0.400. The van der Waals surface area contributed by atoms with Crippen molar-refractivity contribution in [2.24, 2.45) is 5.73 Å². The van der Waals surface area contributed by atoms with Crippen molar-refractivity contribution in [3.05, 3.63) is 35.1 Å². The fourth-order valence-electron chi connectivity index (χ4n) is 1.24. The second-order valence-electron chi connectivity index (χ2n) is 3.30. The number of hydrogen-bond donors (Lipinski definition) is 2. The van der Waals surface area contributed by atoms with E-state index in [1.165, 1.54) is 0 Å². The van der Waals surface area contributed by atoms with E-state index in [1.807, 2.05) is 0 Å². The number of aliphatic hydroxyl groups is 1. The van der Waals surface area contributed by atoms with E-state index in [0.29, 0.717) is 6.42 Å². The summed E-state index contributed by atoms with van der Waals surface area (Å²) < 4.78 is 38.2. The van der Waals surface area contributed by atoms with Crippen LogP contribution in [0.2, 0.25) is 0 Å². The molecule has 0 radical (unpaired) electrons. The van der Waals surface area contributed by atoms with Gasteiger partial charge < -0.3 is 10.8 Å². The van der Waals surface area contributed by atoms with Crippen LogP contribution < -0.4 is 5.73 Å². The van der Waals surface area contributed by atoms with Gasteiger partial charge in [0.15, 0.2) is 17.5 Å². The first kappa shape index (κ1) is 12.0. The minimum atomic E-state index is -1.53. The van der Waals surface area contributed by atoms with Crippen LogP contribution in [0.15, 0.2) is 12.1 Å². The fourth-order valence-corrected chi connectivity index (χ4v) is 1.24. The number of benzene rings is 1. The molecule has 0 saturated carbocycles. The van der Waals surface area contributed by atoms with Crippen molar-refractivity contribution in [2.45, 2.75) is 25.5 Å². The van der Waals surface area contributed by atoms with Crippen LogP contribution in [0.5, 0.6) is 0 Å². The molecule has 84 valence electrons. The molecular formula is C10H12F3NO. The maximum Gasteiger partial charge on any atom is 0.194 e. The lowest BCUT2D eigenvalue weighted by atomic mass is 10.0. The molecule has 0 aromatic heterocycles. The topological polar surface area (TPSA) is 46.2 Å². The SMILES string of the molecule is CC[C@@H](O)[C@@H](N)c1cc(F)c(F)c(F)c1. The Bertz CT molecular complexity index is 334.